The van der Waals surface area contributed by atoms with Crippen molar-refractivity contribution in [2.45, 2.75) is 12.8 Å². The first-order valence-electron chi connectivity index (χ1n) is 5.88. The van der Waals surface area contributed by atoms with E-state index in [0.29, 0.717) is 18.4 Å². The summed E-state index contributed by atoms with van der Waals surface area (Å²) in [4.78, 5) is 22.8. The third-order valence-electron chi connectivity index (χ3n) is 2.81. The van der Waals surface area contributed by atoms with Crippen LogP contribution < -0.4 is 0 Å². The Hall–Kier alpha value is -2.22. The predicted molar refractivity (Wildman–Crippen MR) is 70.7 cm³/mol. The number of hydrogen-bond donors (Lipinski definition) is 0. The average Bonchev–Trinajstić information content (AvgIpc) is 2.40. The van der Waals surface area contributed by atoms with Gasteiger partial charge in [-0.15, -0.1) is 0 Å². The Kier molecular flexibility index (Phi) is 4.02. The summed E-state index contributed by atoms with van der Waals surface area (Å²) in [5, 5.41) is 0. The van der Waals surface area contributed by atoms with Crippen LogP contribution in [0.1, 0.15) is 21.5 Å². The largest absolute Gasteiger partial charge is 0.299 e. The fraction of sp³-hybridized carbons (Fsp3) is 0.125. The molecule has 2 aromatic carbocycles. The summed E-state index contributed by atoms with van der Waals surface area (Å²) in [6.45, 7) is 0. The minimum Gasteiger partial charge on any atom is -0.299 e. The molecule has 0 unspecified atom stereocenters. The van der Waals surface area contributed by atoms with E-state index in [1.807, 2.05) is 42.5 Å². The normalized spacial score (nSPS) is 10.0. The minimum atomic E-state index is 0.121. The molecule has 2 heteroatoms. The standard InChI is InChI=1S/C16H14O2/c17-12-15-9-5-4-8-14(15)11-16(18)10-13-6-2-1-3-7-13/h1-9,12H,10-11H2. The van der Waals surface area contributed by atoms with Gasteiger partial charge in [-0.05, 0) is 11.1 Å². The van der Waals surface area contributed by atoms with Crippen molar-refractivity contribution in [1.29, 1.82) is 0 Å². The van der Waals surface area contributed by atoms with Crippen molar-refractivity contribution in [2.24, 2.45) is 0 Å². The Balaban J connectivity index is 2.05. The molecule has 2 rings (SSSR count). The molecule has 0 saturated carbocycles. The van der Waals surface area contributed by atoms with Crippen LogP contribution in [0.15, 0.2) is 54.6 Å². The molecule has 18 heavy (non-hydrogen) atoms. The molecule has 0 amide bonds. The highest BCUT2D eigenvalue weighted by Gasteiger charge is 2.08. The third-order valence-corrected chi connectivity index (χ3v) is 2.81. The van der Waals surface area contributed by atoms with Crippen molar-refractivity contribution >= 4 is 12.1 Å². The number of aldehydes is 1. The smallest absolute Gasteiger partial charge is 0.150 e. The molecule has 0 atom stereocenters. The molecular weight excluding hydrogens is 224 g/mol. The lowest BCUT2D eigenvalue weighted by atomic mass is 9.99. The van der Waals surface area contributed by atoms with Gasteiger partial charge in [-0.2, -0.15) is 0 Å². The number of benzene rings is 2. The molecule has 0 aliphatic carbocycles. The van der Waals surface area contributed by atoms with Crippen LogP contribution in [-0.2, 0) is 17.6 Å². The zero-order valence-corrected chi connectivity index (χ0v) is 10.0. The van der Waals surface area contributed by atoms with Gasteiger partial charge < -0.3 is 0 Å². The van der Waals surface area contributed by atoms with Gasteiger partial charge in [-0.25, -0.2) is 0 Å². The van der Waals surface area contributed by atoms with Crippen LogP contribution in [0.3, 0.4) is 0 Å². The lowest BCUT2D eigenvalue weighted by molar-refractivity contribution is -0.117. The monoisotopic (exact) mass is 238 g/mol. The summed E-state index contributed by atoms with van der Waals surface area (Å²) in [5.74, 6) is 0.121. The average molecular weight is 238 g/mol. The van der Waals surface area contributed by atoms with Gasteiger partial charge in [0.1, 0.15) is 12.1 Å². The Labute approximate surface area is 106 Å². The van der Waals surface area contributed by atoms with Crippen LogP contribution in [-0.4, -0.2) is 12.1 Å². The summed E-state index contributed by atoms with van der Waals surface area (Å²) in [6, 6.07) is 16.8. The topological polar surface area (TPSA) is 34.1 Å². The Morgan fingerprint density at radius 3 is 2.28 bits per heavy atom. The number of rotatable bonds is 5. The van der Waals surface area contributed by atoms with E-state index in [1.165, 1.54) is 0 Å². The molecule has 0 aliphatic rings. The molecule has 0 bridgehead atoms. The molecule has 0 spiro atoms. The minimum absolute atomic E-state index is 0.121. The second-order valence-electron chi connectivity index (χ2n) is 4.19. The summed E-state index contributed by atoms with van der Waals surface area (Å²) in [7, 11) is 0. The summed E-state index contributed by atoms with van der Waals surface area (Å²) in [6.07, 6.45) is 1.52. The molecule has 0 saturated heterocycles. The van der Waals surface area contributed by atoms with E-state index in [2.05, 4.69) is 0 Å². The van der Waals surface area contributed by atoms with Gasteiger partial charge in [-0.1, -0.05) is 54.6 Å². The second-order valence-corrected chi connectivity index (χ2v) is 4.19. The molecule has 0 heterocycles. The molecule has 0 N–H and O–H groups in total. The van der Waals surface area contributed by atoms with E-state index < -0.39 is 0 Å². The number of carbonyl (C=O) groups is 2. The summed E-state index contributed by atoms with van der Waals surface area (Å²) >= 11 is 0. The molecule has 2 aromatic rings. The SMILES string of the molecule is O=Cc1ccccc1CC(=O)Cc1ccccc1. The van der Waals surface area contributed by atoms with Gasteiger partial charge in [0.05, 0.1) is 0 Å². The maximum Gasteiger partial charge on any atom is 0.150 e. The van der Waals surface area contributed by atoms with Gasteiger partial charge in [0.25, 0.3) is 0 Å². The quantitative estimate of drug-likeness (QED) is 0.750. The van der Waals surface area contributed by atoms with E-state index in [4.69, 9.17) is 0 Å². The van der Waals surface area contributed by atoms with Crippen LogP contribution in [0.2, 0.25) is 0 Å². The fourth-order valence-corrected chi connectivity index (χ4v) is 1.91. The third kappa shape index (κ3) is 3.14. The summed E-state index contributed by atoms with van der Waals surface area (Å²) in [5.41, 5.74) is 2.40. The fourth-order valence-electron chi connectivity index (χ4n) is 1.91. The number of carbonyl (C=O) groups excluding carboxylic acids is 2. The van der Waals surface area contributed by atoms with Gasteiger partial charge in [-0.3, -0.25) is 9.59 Å². The van der Waals surface area contributed by atoms with Crippen LogP contribution in [0.5, 0.6) is 0 Å². The van der Waals surface area contributed by atoms with Crippen molar-refractivity contribution in [2.75, 3.05) is 0 Å². The number of ketones is 1. The van der Waals surface area contributed by atoms with E-state index in [0.717, 1.165) is 17.4 Å². The first-order chi connectivity index (χ1) is 8.79. The lowest BCUT2D eigenvalue weighted by Crippen LogP contribution is -2.08. The maximum absolute atomic E-state index is 11.9. The maximum atomic E-state index is 11.9. The number of hydrogen-bond acceptors (Lipinski definition) is 2. The highest BCUT2D eigenvalue weighted by molar-refractivity contribution is 5.86. The van der Waals surface area contributed by atoms with E-state index in [-0.39, 0.29) is 5.78 Å². The van der Waals surface area contributed by atoms with Crippen molar-refractivity contribution in [3.63, 3.8) is 0 Å². The van der Waals surface area contributed by atoms with Gasteiger partial charge in [0, 0.05) is 18.4 Å². The molecule has 2 nitrogen and oxygen atoms in total. The predicted octanol–water partition coefficient (Wildman–Crippen LogP) is 2.85. The van der Waals surface area contributed by atoms with Crippen LogP contribution >= 0.6 is 0 Å². The Morgan fingerprint density at radius 2 is 1.56 bits per heavy atom. The molecule has 0 aliphatic heterocycles. The molecule has 0 aromatic heterocycles. The van der Waals surface area contributed by atoms with Gasteiger partial charge in [0.15, 0.2) is 0 Å². The zero-order chi connectivity index (χ0) is 12.8. The molecule has 0 radical (unpaired) electrons. The molecular formula is C16H14O2. The van der Waals surface area contributed by atoms with Crippen LogP contribution in [0, 0.1) is 0 Å². The van der Waals surface area contributed by atoms with Crippen molar-refractivity contribution in [3.8, 4) is 0 Å². The van der Waals surface area contributed by atoms with E-state index >= 15 is 0 Å². The van der Waals surface area contributed by atoms with Gasteiger partial charge >= 0.3 is 0 Å². The zero-order valence-electron chi connectivity index (χ0n) is 10.0. The van der Waals surface area contributed by atoms with Gasteiger partial charge in [0.2, 0.25) is 0 Å². The second kappa shape index (κ2) is 5.92. The first-order valence-corrected chi connectivity index (χ1v) is 5.88. The highest BCUT2D eigenvalue weighted by Crippen LogP contribution is 2.09. The first kappa shape index (κ1) is 12.2. The van der Waals surface area contributed by atoms with E-state index in [1.54, 1.807) is 12.1 Å². The Bertz CT molecular complexity index is 544. The summed E-state index contributed by atoms with van der Waals surface area (Å²) < 4.78 is 0. The van der Waals surface area contributed by atoms with Crippen molar-refractivity contribution in [3.05, 3.63) is 71.3 Å². The lowest BCUT2D eigenvalue weighted by Gasteiger charge is -2.04. The number of Topliss-reactive ketones (excluding diaryl/α,β-unsaturated/α-hetero) is 1. The van der Waals surface area contributed by atoms with Crippen molar-refractivity contribution in [1.82, 2.24) is 0 Å². The highest BCUT2D eigenvalue weighted by atomic mass is 16.1. The Morgan fingerprint density at radius 1 is 0.889 bits per heavy atom. The van der Waals surface area contributed by atoms with Crippen molar-refractivity contribution < 1.29 is 9.59 Å². The van der Waals surface area contributed by atoms with Crippen LogP contribution in [0.4, 0.5) is 0 Å². The van der Waals surface area contributed by atoms with Crippen LogP contribution in [0.25, 0.3) is 0 Å². The molecule has 0 fully saturated rings. The van der Waals surface area contributed by atoms with E-state index in [9.17, 15) is 9.59 Å². The molecule has 90 valence electrons.